The van der Waals surface area contributed by atoms with E-state index in [0.717, 1.165) is 4.90 Å². The van der Waals surface area contributed by atoms with Gasteiger partial charge in [0.2, 0.25) is 5.91 Å². The second-order valence-electron chi connectivity index (χ2n) is 7.20. The number of imide groups is 1. The van der Waals surface area contributed by atoms with Crippen molar-refractivity contribution in [3.05, 3.63) is 59.7 Å². The lowest BCUT2D eigenvalue weighted by Crippen LogP contribution is -2.41. The van der Waals surface area contributed by atoms with Gasteiger partial charge >= 0.3 is 0 Å². The summed E-state index contributed by atoms with van der Waals surface area (Å²) in [7, 11) is 0. The van der Waals surface area contributed by atoms with Gasteiger partial charge in [0.05, 0.1) is 16.8 Å². The third-order valence-corrected chi connectivity index (χ3v) is 4.27. The molecule has 0 bridgehead atoms. The molecule has 2 aromatic carbocycles. The smallest absolute Gasteiger partial charge is 0.266 e. The molecule has 0 aromatic heterocycles. The van der Waals surface area contributed by atoms with Crippen LogP contribution in [0.5, 0.6) is 0 Å². The molecular formula is C20H19N3O3S. The molecule has 138 valence electrons. The summed E-state index contributed by atoms with van der Waals surface area (Å²) >= 11 is 5.17. The largest absolute Gasteiger partial charge is 0.332 e. The summed E-state index contributed by atoms with van der Waals surface area (Å²) in [6, 6.07) is 13.5. The lowest BCUT2D eigenvalue weighted by atomic mass is 9.96. The lowest BCUT2D eigenvalue weighted by Gasteiger charge is -2.19. The number of benzene rings is 2. The Kier molecular flexibility index (Phi) is 4.80. The molecule has 6 nitrogen and oxygen atoms in total. The summed E-state index contributed by atoms with van der Waals surface area (Å²) in [5, 5.41) is 5.68. The fourth-order valence-electron chi connectivity index (χ4n) is 2.60. The summed E-state index contributed by atoms with van der Waals surface area (Å²) < 4.78 is 0. The number of carbonyl (C=O) groups is 3. The molecule has 7 heteroatoms. The van der Waals surface area contributed by atoms with Crippen LogP contribution in [0.15, 0.2) is 48.5 Å². The van der Waals surface area contributed by atoms with Crippen LogP contribution in [0.2, 0.25) is 0 Å². The minimum absolute atomic E-state index is 0.148. The molecule has 1 heterocycles. The van der Waals surface area contributed by atoms with Crippen LogP contribution < -0.4 is 15.5 Å². The quantitative estimate of drug-likeness (QED) is 0.616. The Bertz CT molecular complexity index is 928. The number of hydrogen-bond donors (Lipinski definition) is 2. The maximum Gasteiger partial charge on any atom is 0.266 e. The van der Waals surface area contributed by atoms with Crippen molar-refractivity contribution < 1.29 is 14.4 Å². The van der Waals surface area contributed by atoms with Crippen LogP contribution >= 0.6 is 12.2 Å². The van der Waals surface area contributed by atoms with Crippen LogP contribution in [-0.2, 0) is 4.79 Å². The number of nitrogens with zero attached hydrogens (tertiary/aromatic N) is 1. The van der Waals surface area contributed by atoms with E-state index >= 15 is 0 Å². The van der Waals surface area contributed by atoms with Crippen LogP contribution in [0.3, 0.4) is 0 Å². The second kappa shape index (κ2) is 6.92. The lowest BCUT2D eigenvalue weighted by molar-refractivity contribution is -0.126. The molecule has 3 rings (SSSR count). The Balaban J connectivity index is 1.79. The van der Waals surface area contributed by atoms with Crippen LogP contribution in [0.1, 0.15) is 41.5 Å². The summed E-state index contributed by atoms with van der Waals surface area (Å²) in [6.45, 7) is 5.36. The summed E-state index contributed by atoms with van der Waals surface area (Å²) in [5.74, 6) is -0.941. The van der Waals surface area contributed by atoms with Crippen molar-refractivity contribution in [3.63, 3.8) is 0 Å². The van der Waals surface area contributed by atoms with Gasteiger partial charge in [0.1, 0.15) is 0 Å². The van der Waals surface area contributed by atoms with Crippen molar-refractivity contribution in [2.45, 2.75) is 20.8 Å². The summed E-state index contributed by atoms with van der Waals surface area (Å²) in [4.78, 5) is 38.3. The third kappa shape index (κ3) is 3.73. The molecule has 2 N–H and O–H groups in total. The van der Waals surface area contributed by atoms with Crippen molar-refractivity contribution in [2.75, 3.05) is 10.2 Å². The molecule has 0 radical (unpaired) electrons. The third-order valence-electron chi connectivity index (χ3n) is 4.06. The first-order chi connectivity index (χ1) is 12.7. The van der Waals surface area contributed by atoms with Gasteiger partial charge in [-0.1, -0.05) is 39.0 Å². The van der Waals surface area contributed by atoms with Crippen LogP contribution in [-0.4, -0.2) is 22.8 Å². The van der Waals surface area contributed by atoms with E-state index in [1.165, 1.54) is 0 Å². The first-order valence-electron chi connectivity index (χ1n) is 8.39. The fourth-order valence-corrected chi connectivity index (χ4v) is 2.81. The Labute approximate surface area is 162 Å². The Hall–Kier alpha value is -3.06. The maximum atomic E-state index is 12.6. The van der Waals surface area contributed by atoms with Gasteiger partial charge in [-0.2, -0.15) is 0 Å². The van der Waals surface area contributed by atoms with Gasteiger partial charge in [-0.05, 0) is 42.5 Å². The van der Waals surface area contributed by atoms with Gasteiger partial charge in [0.15, 0.2) is 5.11 Å². The van der Waals surface area contributed by atoms with Gasteiger partial charge in [0.25, 0.3) is 11.8 Å². The first kappa shape index (κ1) is 18.7. The zero-order valence-corrected chi connectivity index (χ0v) is 16.0. The van der Waals surface area contributed by atoms with E-state index in [2.05, 4.69) is 10.6 Å². The molecular weight excluding hydrogens is 362 g/mol. The highest BCUT2D eigenvalue weighted by molar-refractivity contribution is 7.80. The molecule has 0 spiro atoms. The van der Waals surface area contributed by atoms with Crippen molar-refractivity contribution in [2.24, 2.45) is 5.41 Å². The fraction of sp³-hybridized carbons (Fsp3) is 0.200. The zero-order valence-electron chi connectivity index (χ0n) is 15.2. The number of hydrogen-bond acceptors (Lipinski definition) is 4. The predicted molar refractivity (Wildman–Crippen MR) is 108 cm³/mol. The van der Waals surface area contributed by atoms with E-state index in [1.807, 2.05) is 0 Å². The number of thiocarbonyl (C=S) groups is 1. The molecule has 0 aliphatic carbocycles. The van der Waals surface area contributed by atoms with E-state index in [-0.39, 0.29) is 22.8 Å². The van der Waals surface area contributed by atoms with E-state index < -0.39 is 5.41 Å². The maximum absolute atomic E-state index is 12.6. The Morgan fingerprint density at radius 1 is 0.963 bits per heavy atom. The number of carbonyl (C=O) groups excluding carboxylic acids is 3. The SMILES string of the molecule is CC(C)(C)C(=O)NC(=S)Nc1cccc(N2C(=O)c3ccccc3C2=O)c1. The van der Waals surface area contributed by atoms with Crippen molar-refractivity contribution in [1.82, 2.24) is 5.32 Å². The van der Waals surface area contributed by atoms with Gasteiger partial charge in [-0.15, -0.1) is 0 Å². The molecule has 0 saturated carbocycles. The second-order valence-corrected chi connectivity index (χ2v) is 7.61. The topological polar surface area (TPSA) is 78.5 Å². The molecule has 0 atom stereocenters. The van der Waals surface area contributed by atoms with Crippen molar-refractivity contribution in [3.8, 4) is 0 Å². The Morgan fingerprint density at radius 3 is 2.11 bits per heavy atom. The van der Waals surface area contributed by atoms with Gasteiger partial charge in [-0.3, -0.25) is 14.4 Å². The van der Waals surface area contributed by atoms with E-state index in [9.17, 15) is 14.4 Å². The van der Waals surface area contributed by atoms with Crippen molar-refractivity contribution >= 4 is 46.4 Å². The highest BCUT2D eigenvalue weighted by Gasteiger charge is 2.36. The molecule has 27 heavy (non-hydrogen) atoms. The monoisotopic (exact) mass is 381 g/mol. The molecule has 0 unspecified atom stereocenters. The molecule has 0 saturated heterocycles. The normalized spacial score (nSPS) is 13.4. The molecule has 1 aliphatic heterocycles. The minimum atomic E-state index is -0.576. The number of fused-ring (bicyclic) bond motifs is 1. The number of nitrogens with one attached hydrogen (secondary N) is 2. The molecule has 0 fully saturated rings. The van der Waals surface area contributed by atoms with Crippen LogP contribution in [0.4, 0.5) is 11.4 Å². The zero-order chi connectivity index (χ0) is 19.8. The van der Waals surface area contributed by atoms with Gasteiger partial charge < -0.3 is 10.6 Å². The standard InChI is InChI=1S/C20H19N3O3S/c1-20(2,3)18(26)22-19(27)21-12-7-6-8-13(11-12)23-16(24)14-9-4-5-10-15(14)17(23)25/h4-11H,1-3H3,(H2,21,22,26,27). The van der Waals surface area contributed by atoms with Gasteiger partial charge in [0, 0.05) is 11.1 Å². The molecule has 2 aromatic rings. The van der Waals surface area contributed by atoms with Crippen LogP contribution in [0, 0.1) is 5.41 Å². The van der Waals surface area contributed by atoms with E-state index in [1.54, 1.807) is 69.3 Å². The van der Waals surface area contributed by atoms with Gasteiger partial charge in [-0.25, -0.2) is 4.90 Å². The average Bonchev–Trinajstić information content (AvgIpc) is 2.85. The number of anilines is 2. The van der Waals surface area contributed by atoms with E-state index in [4.69, 9.17) is 12.2 Å². The average molecular weight is 381 g/mol. The highest BCUT2D eigenvalue weighted by atomic mass is 32.1. The predicted octanol–water partition coefficient (Wildman–Crippen LogP) is 3.35. The van der Waals surface area contributed by atoms with Crippen molar-refractivity contribution in [1.29, 1.82) is 0 Å². The molecule has 1 aliphatic rings. The first-order valence-corrected chi connectivity index (χ1v) is 8.79. The number of rotatable bonds is 2. The summed E-state index contributed by atoms with van der Waals surface area (Å²) in [5.41, 5.74) is 1.18. The van der Waals surface area contributed by atoms with E-state index in [0.29, 0.717) is 22.5 Å². The molecule has 3 amide bonds. The Morgan fingerprint density at radius 2 is 1.56 bits per heavy atom. The highest BCUT2D eigenvalue weighted by Crippen LogP contribution is 2.29. The number of amides is 3. The summed E-state index contributed by atoms with van der Waals surface area (Å²) in [6.07, 6.45) is 0. The van der Waals surface area contributed by atoms with Crippen LogP contribution in [0.25, 0.3) is 0 Å². The minimum Gasteiger partial charge on any atom is -0.332 e.